The van der Waals surface area contributed by atoms with Crippen LogP contribution in [0.3, 0.4) is 0 Å². The van der Waals surface area contributed by atoms with Crippen molar-refractivity contribution in [1.29, 1.82) is 0 Å². The minimum absolute atomic E-state index is 0.0960. The summed E-state index contributed by atoms with van der Waals surface area (Å²) in [7, 11) is 1.22. The van der Waals surface area contributed by atoms with Gasteiger partial charge in [-0.15, -0.1) is 0 Å². The van der Waals surface area contributed by atoms with E-state index in [4.69, 9.17) is 4.74 Å². The number of nitrogens with one attached hydrogen (secondary N) is 3. The van der Waals surface area contributed by atoms with Gasteiger partial charge in [0.1, 0.15) is 6.04 Å². The van der Waals surface area contributed by atoms with Gasteiger partial charge in [0.15, 0.2) is 5.60 Å². The molecule has 0 aliphatic heterocycles. The number of carbonyl (C=O) groups is 3. The van der Waals surface area contributed by atoms with Crippen molar-refractivity contribution in [2.24, 2.45) is 5.41 Å². The average Bonchev–Trinajstić information content (AvgIpc) is 3.41. The number of alkyl carbamates (subject to hydrolysis) is 1. The Hall–Kier alpha value is -5.03. The van der Waals surface area contributed by atoms with E-state index >= 15 is 0 Å². The van der Waals surface area contributed by atoms with Crippen LogP contribution < -0.4 is 16.1 Å². The van der Waals surface area contributed by atoms with Gasteiger partial charge in [0.05, 0.1) is 25.8 Å². The highest BCUT2D eigenvalue weighted by molar-refractivity contribution is 5.88. The summed E-state index contributed by atoms with van der Waals surface area (Å²) in [4.78, 5) is 40.5. The second kappa shape index (κ2) is 15.0. The number of rotatable bonds is 11. The topological polar surface area (TPSA) is 140 Å². The van der Waals surface area contributed by atoms with E-state index in [1.165, 1.54) is 12.1 Å². The van der Waals surface area contributed by atoms with Crippen LogP contribution in [0.1, 0.15) is 49.1 Å². The van der Waals surface area contributed by atoms with Crippen molar-refractivity contribution in [3.05, 3.63) is 131 Å². The molecular formula is C39H44N4O6. The smallest absolute Gasteiger partial charge is 0.407 e. The molecule has 0 unspecified atom stereocenters. The Morgan fingerprint density at radius 3 is 2.18 bits per heavy atom. The zero-order chi connectivity index (χ0) is 35.2. The average molecular weight is 665 g/mol. The number of carbonyl (C=O) groups excluding carboxylic acids is 3. The summed E-state index contributed by atoms with van der Waals surface area (Å²) in [5.74, 6) is -1.30. The van der Waals surface area contributed by atoms with Crippen LogP contribution in [0.5, 0.6) is 0 Å². The maximum atomic E-state index is 14.3. The first-order valence-electron chi connectivity index (χ1n) is 16.3. The highest BCUT2D eigenvalue weighted by Crippen LogP contribution is 2.33. The van der Waals surface area contributed by atoms with E-state index in [1.807, 2.05) is 78.9 Å². The second-order valence-electron chi connectivity index (χ2n) is 13.5. The first-order chi connectivity index (χ1) is 23.4. The molecule has 0 bridgehead atoms. The molecule has 10 nitrogen and oxygen atoms in total. The van der Waals surface area contributed by atoms with Gasteiger partial charge in [-0.05, 0) is 44.9 Å². The second-order valence-corrected chi connectivity index (χ2v) is 13.5. The number of fused-ring (bicyclic) bond motifs is 1. The molecule has 0 spiro atoms. The first kappa shape index (κ1) is 35.3. The van der Waals surface area contributed by atoms with Crippen LogP contribution in [0.2, 0.25) is 0 Å². The van der Waals surface area contributed by atoms with Crippen LogP contribution in [0.25, 0.3) is 11.1 Å². The lowest BCUT2D eigenvalue weighted by atomic mass is 9.86. The van der Waals surface area contributed by atoms with Crippen molar-refractivity contribution in [2.75, 3.05) is 13.7 Å². The Morgan fingerprint density at radius 1 is 0.878 bits per heavy atom. The van der Waals surface area contributed by atoms with Gasteiger partial charge in [0.2, 0.25) is 0 Å². The van der Waals surface area contributed by atoms with Crippen LogP contribution >= 0.6 is 0 Å². The summed E-state index contributed by atoms with van der Waals surface area (Å²) in [6.07, 6.45) is -1.28. The van der Waals surface area contributed by atoms with Gasteiger partial charge in [0, 0.05) is 13.0 Å². The fourth-order valence-electron chi connectivity index (χ4n) is 6.20. The predicted molar refractivity (Wildman–Crippen MR) is 187 cm³/mol. The van der Waals surface area contributed by atoms with Gasteiger partial charge in [-0.2, -0.15) is 0 Å². The van der Waals surface area contributed by atoms with Crippen LogP contribution in [0.4, 0.5) is 4.79 Å². The monoisotopic (exact) mass is 664 g/mol. The van der Waals surface area contributed by atoms with E-state index in [0.717, 1.165) is 27.8 Å². The zero-order valence-corrected chi connectivity index (χ0v) is 28.2. The van der Waals surface area contributed by atoms with Crippen molar-refractivity contribution >= 4 is 17.9 Å². The van der Waals surface area contributed by atoms with Gasteiger partial charge in [-0.25, -0.2) is 9.80 Å². The largest absolute Gasteiger partial charge is 0.453 e. The van der Waals surface area contributed by atoms with Gasteiger partial charge >= 0.3 is 6.09 Å². The predicted octanol–water partition coefficient (Wildman–Crippen LogP) is 4.62. The van der Waals surface area contributed by atoms with Crippen LogP contribution in [0, 0.1) is 5.41 Å². The maximum absolute atomic E-state index is 14.3. The highest BCUT2D eigenvalue weighted by Gasteiger charge is 2.44. The van der Waals surface area contributed by atoms with Crippen LogP contribution in [-0.4, -0.2) is 58.9 Å². The van der Waals surface area contributed by atoms with Gasteiger partial charge < -0.3 is 25.6 Å². The quantitative estimate of drug-likeness (QED) is 0.148. The van der Waals surface area contributed by atoms with Crippen molar-refractivity contribution in [3.8, 4) is 11.1 Å². The minimum Gasteiger partial charge on any atom is -0.453 e. The summed E-state index contributed by atoms with van der Waals surface area (Å²) in [6.45, 7) is 5.14. The summed E-state index contributed by atoms with van der Waals surface area (Å²) in [6, 6.07) is 31.8. The lowest BCUT2D eigenvalue weighted by Gasteiger charge is -2.37. The number of benzene rings is 4. The molecule has 4 atom stereocenters. The normalized spacial score (nSPS) is 17.4. The SMILES string of the molecule is COC(=O)N[C@H](C(=O)NN(Cc1cccc(-c2ccccc2)c1)C[C@](O)(C(=O)N[C@H]1c2ccccc2C[C@H]1O)c1ccccc1)C(C)(C)C. The number of aliphatic hydroxyl groups excluding tert-OH is 1. The van der Waals surface area contributed by atoms with Gasteiger partial charge in [0.25, 0.3) is 11.8 Å². The van der Waals surface area contributed by atoms with E-state index in [1.54, 1.807) is 51.1 Å². The van der Waals surface area contributed by atoms with Crippen molar-refractivity contribution in [3.63, 3.8) is 0 Å². The Balaban J connectivity index is 1.51. The summed E-state index contributed by atoms with van der Waals surface area (Å²) >= 11 is 0. The third-order valence-electron chi connectivity index (χ3n) is 8.79. The molecule has 0 saturated carbocycles. The van der Waals surface area contributed by atoms with E-state index in [9.17, 15) is 24.6 Å². The molecule has 0 aromatic heterocycles. The third-order valence-corrected chi connectivity index (χ3v) is 8.79. The Morgan fingerprint density at radius 2 is 1.51 bits per heavy atom. The molecule has 1 aliphatic rings. The van der Waals surface area contributed by atoms with Crippen molar-refractivity contribution in [2.45, 2.75) is 57.5 Å². The number of hydrogen-bond donors (Lipinski definition) is 5. The van der Waals surface area contributed by atoms with Crippen molar-refractivity contribution in [1.82, 2.24) is 21.1 Å². The number of nitrogens with zero attached hydrogens (tertiary/aromatic N) is 1. The van der Waals surface area contributed by atoms with E-state index < -0.39 is 47.1 Å². The minimum atomic E-state index is -2.18. The van der Waals surface area contributed by atoms with Gasteiger partial charge in [-0.3, -0.25) is 15.0 Å². The maximum Gasteiger partial charge on any atom is 0.407 e. The number of hydrogen-bond acceptors (Lipinski definition) is 7. The number of ether oxygens (including phenoxy) is 1. The number of amides is 3. The van der Waals surface area contributed by atoms with Crippen molar-refractivity contribution < 1.29 is 29.3 Å². The molecule has 3 amide bonds. The third kappa shape index (κ3) is 8.34. The zero-order valence-electron chi connectivity index (χ0n) is 28.2. The van der Waals surface area contributed by atoms with E-state index in [-0.39, 0.29) is 13.1 Å². The highest BCUT2D eigenvalue weighted by atomic mass is 16.5. The molecule has 0 saturated heterocycles. The molecule has 0 heterocycles. The molecule has 10 heteroatoms. The number of aliphatic hydroxyl groups is 2. The Kier molecular flexibility index (Phi) is 10.8. The van der Waals surface area contributed by atoms with E-state index in [2.05, 4.69) is 16.1 Å². The summed E-state index contributed by atoms with van der Waals surface area (Å²) in [5.41, 5.74) is 4.74. The van der Waals surface area contributed by atoms with E-state index in [0.29, 0.717) is 12.0 Å². The molecule has 1 aliphatic carbocycles. The molecule has 0 fully saturated rings. The van der Waals surface area contributed by atoms with Crippen LogP contribution in [-0.2, 0) is 32.9 Å². The van der Waals surface area contributed by atoms with Gasteiger partial charge in [-0.1, -0.05) is 124 Å². The lowest BCUT2D eigenvalue weighted by Crippen LogP contribution is -2.60. The molecule has 256 valence electrons. The molecule has 5 rings (SSSR count). The molecule has 0 radical (unpaired) electrons. The molecular weight excluding hydrogens is 620 g/mol. The Labute approximate surface area is 287 Å². The molecule has 4 aromatic rings. The number of methoxy groups -OCH3 is 1. The molecule has 5 N–H and O–H groups in total. The fourth-order valence-corrected chi connectivity index (χ4v) is 6.20. The fraction of sp³-hybridized carbons (Fsp3) is 0.308. The summed E-state index contributed by atoms with van der Waals surface area (Å²) < 4.78 is 4.79. The summed E-state index contributed by atoms with van der Waals surface area (Å²) in [5, 5.41) is 30.4. The standard InChI is InChI=1S/C39H44N4O6/c1-38(2,3)34(41-37(47)49-4)35(45)42-43(24-26-14-13-18-28(22-26)27-15-7-5-8-16-27)25-39(48,30-19-9-6-10-20-30)36(46)40-33-31-21-12-11-17-29(31)23-32(33)44/h5-22,32-34,44,48H,23-25H2,1-4H3,(H,40,46)(H,41,47)(H,42,45)/t32-,33+,34-,39-/m1/s1. The molecule has 4 aromatic carbocycles. The number of hydrazine groups is 1. The lowest BCUT2D eigenvalue weighted by molar-refractivity contribution is -0.149. The molecule has 49 heavy (non-hydrogen) atoms. The Bertz CT molecular complexity index is 1760. The van der Waals surface area contributed by atoms with Crippen LogP contribution in [0.15, 0.2) is 109 Å². The first-order valence-corrected chi connectivity index (χ1v) is 16.3.